The topological polar surface area (TPSA) is 28.4 Å². The fourth-order valence-corrected chi connectivity index (χ4v) is 13.0. The monoisotopic (exact) mass is 953 g/mol. The zero-order valence-electron chi connectivity index (χ0n) is 43.3. The van der Waals surface area contributed by atoms with Crippen molar-refractivity contribution < 1.29 is 4.42 Å². The van der Waals surface area contributed by atoms with Crippen molar-refractivity contribution >= 4 is 79.4 Å². The highest BCUT2D eigenvalue weighted by Gasteiger charge is 2.39. The van der Waals surface area contributed by atoms with Gasteiger partial charge in [-0.15, -0.1) is 0 Å². The van der Waals surface area contributed by atoms with Crippen molar-refractivity contribution in [1.82, 2.24) is 0 Å². The molecule has 0 saturated carbocycles. The fraction of sp³-hybridized carbons (Fsp3) is 0.171. The predicted octanol–water partition coefficient (Wildman–Crippen LogP) is 17.9. The van der Waals surface area contributed by atoms with Gasteiger partial charge in [0.25, 0.3) is 0 Å². The van der Waals surface area contributed by atoms with Gasteiger partial charge >= 0.3 is 0 Å². The summed E-state index contributed by atoms with van der Waals surface area (Å²) in [5.41, 5.74) is 26.1. The predicted molar refractivity (Wildman–Crippen MR) is 315 cm³/mol. The van der Waals surface area contributed by atoms with Gasteiger partial charge in [-0.1, -0.05) is 174 Å². The van der Waals surface area contributed by atoms with E-state index in [9.17, 15) is 0 Å². The number of benzene rings is 10. The fourth-order valence-electron chi connectivity index (χ4n) is 13.0. The summed E-state index contributed by atoms with van der Waals surface area (Å²) in [6.45, 7) is 16.6. The SMILES string of the molecule is Cc1cc(-c2ccccc2)ccc1N1c2cc3oc4cc5c(cc4c3cc2[B]c2c(-c3cc4ccccc4cc3Nc3ccc4c(c3)C(C)(C)c3ccccc3-4)cc(-c3ccccc3)cc21)C(C)(C)CCC5(C)C. The summed E-state index contributed by atoms with van der Waals surface area (Å²) in [6.07, 6.45) is 2.31. The van der Waals surface area contributed by atoms with Gasteiger partial charge in [-0.3, -0.25) is 0 Å². The first-order chi connectivity index (χ1) is 35.8. The molecular formula is C70H58BN2O. The van der Waals surface area contributed by atoms with Gasteiger partial charge in [0.2, 0.25) is 0 Å². The molecule has 74 heavy (non-hydrogen) atoms. The number of aryl methyl sites for hydroxylation is 1. The van der Waals surface area contributed by atoms with Crippen LogP contribution in [0.1, 0.15) is 82.2 Å². The number of hydrogen-bond acceptors (Lipinski definition) is 3. The van der Waals surface area contributed by atoms with Gasteiger partial charge in [0.05, 0.1) is 0 Å². The molecule has 3 nitrogen and oxygen atoms in total. The molecule has 2 aliphatic carbocycles. The second-order valence-electron chi connectivity index (χ2n) is 23.1. The first-order valence-corrected chi connectivity index (χ1v) is 26.4. The summed E-state index contributed by atoms with van der Waals surface area (Å²) in [7, 11) is 2.46. The Morgan fingerprint density at radius 3 is 1.82 bits per heavy atom. The smallest absolute Gasteiger partial charge is 0.197 e. The molecule has 0 saturated heterocycles. The molecule has 3 aliphatic rings. The number of rotatable bonds is 6. The first-order valence-electron chi connectivity index (χ1n) is 26.4. The third-order valence-corrected chi connectivity index (χ3v) is 17.2. The summed E-state index contributed by atoms with van der Waals surface area (Å²) in [5, 5.41) is 8.77. The van der Waals surface area contributed by atoms with Crippen molar-refractivity contribution in [1.29, 1.82) is 0 Å². The summed E-state index contributed by atoms with van der Waals surface area (Å²) < 4.78 is 7.03. The van der Waals surface area contributed by atoms with E-state index in [-0.39, 0.29) is 16.2 Å². The maximum Gasteiger partial charge on any atom is 0.197 e. The van der Waals surface area contributed by atoms with Crippen molar-refractivity contribution in [3.63, 3.8) is 0 Å². The van der Waals surface area contributed by atoms with Crippen LogP contribution >= 0.6 is 0 Å². The van der Waals surface area contributed by atoms with E-state index in [0.717, 1.165) is 85.5 Å². The lowest BCUT2D eigenvalue weighted by Crippen LogP contribution is -2.41. The van der Waals surface area contributed by atoms with E-state index in [4.69, 9.17) is 4.42 Å². The minimum Gasteiger partial charge on any atom is -0.456 e. The van der Waals surface area contributed by atoms with Crippen LogP contribution in [-0.4, -0.2) is 7.28 Å². The van der Waals surface area contributed by atoms with Crippen LogP contribution in [0.2, 0.25) is 0 Å². The molecule has 4 heteroatoms. The maximum atomic E-state index is 7.03. The van der Waals surface area contributed by atoms with E-state index in [0.29, 0.717) is 0 Å². The molecule has 2 heterocycles. The van der Waals surface area contributed by atoms with Crippen LogP contribution in [0.4, 0.5) is 28.4 Å². The lowest BCUT2D eigenvalue weighted by molar-refractivity contribution is 0.332. The van der Waals surface area contributed by atoms with Gasteiger partial charge in [0, 0.05) is 56.3 Å². The van der Waals surface area contributed by atoms with Gasteiger partial charge < -0.3 is 14.6 Å². The largest absolute Gasteiger partial charge is 0.456 e. The van der Waals surface area contributed by atoms with Crippen LogP contribution in [0, 0.1) is 6.92 Å². The Hall–Kier alpha value is -8.08. The van der Waals surface area contributed by atoms with Crippen molar-refractivity contribution in [2.45, 2.75) is 77.6 Å². The van der Waals surface area contributed by atoms with Crippen LogP contribution in [0.15, 0.2) is 199 Å². The third kappa shape index (κ3) is 6.94. The summed E-state index contributed by atoms with van der Waals surface area (Å²) in [6, 6.07) is 72.3. The normalized spacial score (nSPS) is 15.5. The zero-order valence-corrected chi connectivity index (χ0v) is 43.3. The van der Waals surface area contributed by atoms with Crippen LogP contribution < -0.4 is 21.1 Å². The van der Waals surface area contributed by atoms with Gasteiger partial charge in [0.15, 0.2) is 7.28 Å². The lowest BCUT2D eigenvalue weighted by Gasteiger charge is -2.41. The van der Waals surface area contributed by atoms with E-state index < -0.39 is 0 Å². The molecular weight excluding hydrogens is 896 g/mol. The second kappa shape index (κ2) is 16.2. The average molecular weight is 954 g/mol. The summed E-state index contributed by atoms with van der Waals surface area (Å²) >= 11 is 0. The summed E-state index contributed by atoms with van der Waals surface area (Å²) in [5.74, 6) is 0. The first kappa shape index (κ1) is 44.6. The van der Waals surface area contributed by atoms with E-state index in [2.05, 4.69) is 260 Å². The van der Waals surface area contributed by atoms with Crippen molar-refractivity contribution in [3.8, 4) is 44.5 Å². The van der Waals surface area contributed by atoms with Gasteiger partial charge in [-0.2, -0.15) is 0 Å². The molecule has 1 radical (unpaired) electrons. The Morgan fingerprint density at radius 1 is 0.446 bits per heavy atom. The zero-order chi connectivity index (χ0) is 50.3. The summed E-state index contributed by atoms with van der Waals surface area (Å²) in [4.78, 5) is 2.52. The van der Waals surface area contributed by atoms with E-state index in [1.807, 2.05) is 0 Å². The number of nitrogens with one attached hydrogen (secondary N) is 1. The Morgan fingerprint density at radius 2 is 1.08 bits per heavy atom. The van der Waals surface area contributed by atoms with E-state index >= 15 is 0 Å². The maximum absolute atomic E-state index is 7.03. The molecule has 1 aromatic heterocycles. The van der Waals surface area contributed by atoms with Gasteiger partial charge in [-0.25, -0.2) is 0 Å². The molecule has 0 unspecified atom stereocenters. The Balaban J connectivity index is 1.02. The highest BCUT2D eigenvalue weighted by Crippen LogP contribution is 2.52. The molecule has 1 aliphatic heterocycles. The third-order valence-electron chi connectivity index (χ3n) is 17.2. The minimum atomic E-state index is -0.125. The quantitative estimate of drug-likeness (QED) is 0.168. The Kier molecular flexibility index (Phi) is 9.77. The highest BCUT2D eigenvalue weighted by molar-refractivity contribution is 6.73. The number of anilines is 5. The standard InChI is InChI=1S/C70H58BN2O/c1-42-32-47(43-18-10-8-11-19-43)26-29-62(42)73-63-41-66-54(53-38-58-59(40-65(53)74-66)69(4,5)31-30-68(58,2)3)39-60(63)71-67-55(34-48(36-64(67)73)44-20-12-9-13-21-44)52-33-45-22-14-15-23-46(45)35-61(52)72-49-27-28-51-50-24-16-17-25-56(50)70(6,7)57(51)37-49/h8-29,32-41,72H,30-31H2,1-7H3. The number of hydrogen-bond donors (Lipinski definition) is 1. The molecule has 0 bridgehead atoms. The van der Waals surface area contributed by atoms with Crippen LogP contribution in [-0.2, 0) is 16.2 Å². The number of furan rings is 1. The molecule has 1 N–H and O–H groups in total. The Bertz CT molecular complexity index is 4120. The Labute approximate surface area is 435 Å². The van der Waals surface area contributed by atoms with Crippen molar-refractivity contribution in [2.75, 3.05) is 10.2 Å². The molecule has 357 valence electrons. The van der Waals surface area contributed by atoms with Crippen LogP contribution in [0.5, 0.6) is 0 Å². The number of nitrogens with zero attached hydrogens (tertiary/aromatic N) is 1. The van der Waals surface area contributed by atoms with E-state index in [1.54, 1.807) is 0 Å². The van der Waals surface area contributed by atoms with Crippen molar-refractivity contribution in [3.05, 3.63) is 222 Å². The van der Waals surface area contributed by atoms with Crippen molar-refractivity contribution in [2.24, 2.45) is 0 Å². The van der Waals surface area contributed by atoms with Crippen LogP contribution in [0.25, 0.3) is 77.2 Å². The minimum absolute atomic E-state index is 0.0687. The average Bonchev–Trinajstić information content (AvgIpc) is 3.89. The molecule has 14 rings (SSSR count). The molecule has 0 amide bonds. The molecule has 0 atom stereocenters. The molecule has 11 aromatic rings. The number of fused-ring (bicyclic) bond motifs is 10. The highest BCUT2D eigenvalue weighted by atomic mass is 16.3. The molecule has 0 fully saturated rings. The second-order valence-corrected chi connectivity index (χ2v) is 23.1. The molecule has 0 spiro atoms. The lowest BCUT2D eigenvalue weighted by atomic mass is 9.57. The molecule has 10 aromatic carbocycles. The van der Waals surface area contributed by atoms with E-state index in [1.165, 1.54) is 71.7 Å². The van der Waals surface area contributed by atoms with Gasteiger partial charge in [0.1, 0.15) is 11.2 Å². The van der Waals surface area contributed by atoms with Crippen LogP contribution in [0.3, 0.4) is 0 Å². The van der Waals surface area contributed by atoms with Gasteiger partial charge in [-0.05, 0) is 174 Å².